The number of fused-ring (bicyclic) bond motifs is 1. The molecule has 0 aliphatic carbocycles. The Morgan fingerprint density at radius 2 is 2.13 bits per heavy atom. The van der Waals surface area contributed by atoms with Crippen molar-refractivity contribution in [3.8, 4) is 0 Å². The molecule has 0 saturated heterocycles. The maximum absolute atomic E-state index is 12.5. The van der Waals surface area contributed by atoms with Crippen LogP contribution in [0.5, 0.6) is 0 Å². The Hall–Kier alpha value is -1.99. The average molecular weight is 340 g/mol. The fraction of sp³-hybridized carbons (Fsp3) is 0.467. The maximum atomic E-state index is 12.5. The lowest BCUT2D eigenvalue weighted by atomic mass is 10.0. The van der Waals surface area contributed by atoms with Gasteiger partial charge in [-0.1, -0.05) is 25.4 Å². The van der Waals surface area contributed by atoms with Crippen LogP contribution in [-0.2, 0) is 4.74 Å². The molecular weight excluding hydrogens is 322 g/mol. The number of aliphatic hydroxyl groups excluding tert-OH is 1. The van der Waals surface area contributed by atoms with Crippen molar-refractivity contribution in [2.45, 2.75) is 26.8 Å². The zero-order chi connectivity index (χ0) is 17.1. The number of hydrogen-bond donors (Lipinski definition) is 1. The SMILES string of the molecule is CCOC(=O)c1cn([C@H](CO)C(C)C)c2nnc(Cl)cc2c1=O. The summed E-state index contributed by atoms with van der Waals surface area (Å²) in [6.07, 6.45) is 1.37. The first-order valence-electron chi connectivity index (χ1n) is 7.26. The molecule has 0 aliphatic rings. The predicted molar refractivity (Wildman–Crippen MR) is 85.7 cm³/mol. The highest BCUT2D eigenvalue weighted by Gasteiger charge is 2.23. The molecule has 2 rings (SSSR count). The zero-order valence-corrected chi connectivity index (χ0v) is 13.9. The molecule has 7 nitrogen and oxygen atoms in total. The van der Waals surface area contributed by atoms with Crippen molar-refractivity contribution in [2.24, 2.45) is 5.92 Å². The van der Waals surface area contributed by atoms with Crippen molar-refractivity contribution < 1.29 is 14.6 Å². The Balaban J connectivity index is 2.82. The average Bonchev–Trinajstić information content (AvgIpc) is 2.50. The van der Waals surface area contributed by atoms with Crippen molar-refractivity contribution >= 4 is 28.6 Å². The number of nitrogens with zero attached hydrogens (tertiary/aromatic N) is 3. The molecule has 23 heavy (non-hydrogen) atoms. The number of ether oxygens (including phenoxy) is 1. The highest BCUT2D eigenvalue weighted by molar-refractivity contribution is 6.29. The minimum Gasteiger partial charge on any atom is -0.462 e. The Kier molecular flexibility index (Phi) is 5.33. The summed E-state index contributed by atoms with van der Waals surface area (Å²) in [5.41, 5.74) is -0.380. The molecule has 2 aromatic rings. The van der Waals surface area contributed by atoms with Gasteiger partial charge in [0.2, 0.25) is 5.43 Å². The standard InChI is InChI=1S/C15H18ClN3O4/c1-4-23-15(22)10-6-19(11(7-20)8(2)3)14-9(13(10)21)5-12(16)17-18-14/h5-6,8,11,20H,4,7H2,1-3H3/t11-/m1/s1. The van der Waals surface area contributed by atoms with Crippen LogP contribution in [-0.4, -0.2) is 39.1 Å². The fourth-order valence-electron chi connectivity index (χ4n) is 2.35. The number of rotatable bonds is 5. The van der Waals surface area contributed by atoms with Crippen LogP contribution in [0.15, 0.2) is 17.1 Å². The molecule has 2 aromatic heterocycles. The summed E-state index contributed by atoms with van der Waals surface area (Å²) in [7, 11) is 0. The molecule has 0 unspecified atom stereocenters. The molecule has 0 aromatic carbocycles. The molecular formula is C15H18ClN3O4. The van der Waals surface area contributed by atoms with Gasteiger partial charge >= 0.3 is 5.97 Å². The molecule has 0 radical (unpaired) electrons. The zero-order valence-electron chi connectivity index (χ0n) is 13.1. The van der Waals surface area contributed by atoms with Crippen LogP contribution in [0.25, 0.3) is 11.0 Å². The van der Waals surface area contributed by atoms with Gasteiger partial charge in [0.1, 0.15) is 5.56 Å². The summed E-state index contributed by atoms with van der Waals surface area (Å²) in [6, 6.07) is 0.988. The van der Waals surface area contributed by atoms with Crippen molar-refractivity contribution in [3.63, 3.8) is 0 Å². The van der Waals surface area contributed by atoms with Gasteiger partial charge in [-0.2, -0.15) is 0 Å². The van der Waals surface area contributed by atoms with Gasteiger partial charge < -0.3 is 14.4 Å². The molecule has 0 amide bonds. The lowest BCUT2D eigenvalue weighted by molar-refractivity contribution is 0.0523. The molecule has 2 heterocycles. The van der Waals surface area contributed by atoms with E-state index >= 15 is 0 Å². The summed E-state index contributed by atoms with van der Waals surface area (Å²) in [5, 5.41) is 17.6. The van der Waals surface area contributed by atoms with Crippen LogP contribution < -0.4 is 5.43 Å². The molecule has 0 fully saturated rings. The van der Waals surface area contributed by atoms with E-state index in [4.69, 9.17) is 16.3 Å². The van der Waals surface area contributed by atoms with E-state index in [-0.39, 0.29) is 46.9 Å². The van der Waals surface area contributed by atoms with Gasteiger partial charge in [-0.05, 0) is 18.9 Å². The molecule has 124 valence electrons. The van der Waals surface area contributed by atoms with E-state index in [0.717, 1.165) is 0 Å². The largest absolute Gasteiger partial charge is 0.462 e. The molecule has 0 aliphatic heterocycles. The quantitative estimate of drug-likeness (QED) is 0.835. The van der Waals surface area contributed by atoms with Crippen molar-refractivity contribution in [2.75, 3.05) is 13.2 Å². The van der Waals surface area contributed by atoms with Crippen molar-refractivity contribution in [3.05, 3.63) is 33.2 Å². The Labute approximate surface area is 137 Å². The molecule has 0 saturated carbocycles. The van der Waals surface area contributed by atoms with Crippen LogP contribution in [0.3, 0.4) is 0 Å². The number of halogens is 1. The maximum Gasteiger partial charge on any atom is 0.343 e. The molecule has 0 spiro atoms. The first kappa shape index (κ1) is 17.4. The summed E-state index contributed by atoms with van der Waals surface area (Å²) < 4.78 is 6.51. The van der Waals surface area contributed by atoms with Gasteiger partial charge in [0, 0.05) is 6.20 Å². The third kappa shape index (κ3) is 3.35. The number of esters is 1. The fourth-order valence-corrected chi connectivity index (χ4v) is 2.50. The van der Waals surface area contributed by atoms with Crippen LogP contribution in [0.1, 0.15) is 37.2 Å². The number of hydrogen-bond acceptors (Lipinski definition) is 6. The van der Waals surface area contributed by atoms with Gasteiger partial charge in [-0.3, -0.25) is 4.79 Å². The Morgan fingerprint density at radius 1 is 1.43 bits per heavy atom. The van der Waals surface area contributed by atoms with E-state index in [2.05, 4.69) is 10.2 Å². The van der Waals surface area contributed by atoms with E-state index in [1.165, 1.54) is 12.3 Å². The topological polar surface area (TPSA) is 94.3 Å². The Bertz CT molecular complexity index is 788. The highest BCUT2D eigenvalue weighted by atomic mass is 35.5. The van der Waals surface area contributed by atoms with Gasteiger partial charge in [0.05, 0.1) is 24.6 Å². The second-order valence-electron chi connectivity index (χ2n) is 5.40. The number of pyridine rings is 1. The summed E-state index contributed by atoms with van der Waals surface area (Å²) in [6.45, 7) is 5.46. The first-order chi connectivity index (χ1) is 10.9. The molecule has 1 N–H and O–H groups in total. The highest BCUT2D eigenvalue weighted by Crippen LogP contribution is 2.22. The van der Waals surface area contributed by atoms with Crippen LogP contribution in [0.4, 0.5) is 0 Å². The van der Waals surface area contributed by atoms with Gasteiger partial charge in [-0.15, -0.1) is 10.2 Å². The summed E-state index contributed by atoms with van der Waals surface area (Å²) >= 11 is 5.82. The number of carbonyl (C=O) groups excluding carboxylic acids is 1. The van der Waals surface area contributed by atoms with E-state index in [9.17, 15) is 14.7 Å². The second-order valence-corrected chi connectivity index (χ2v) is 5.79. The van der Waals surface area contributed by atoms with Crippen molar-refractivity contribution in [1.82, 2.24) is 14.8 Å². The molecule has 8 heteroatoms. The normalized spacial score (nSPS) is 12.6. The van der Waals surface area contributed by atoms with Crippen molar-refractivity contribution in [1.29, 1.82) is 0 Å². The number of carbonyl (C=O) groups is 1. The number of aliphatic hydroxyl groups is 1. The summed E-state index contributed by atoms with van der Waals surface area (Å²) in [5.74, 6) is -0.681. The summed E-state index contributed by atoms with van der Waals surface area (Å²) in [4.78, 5) is 24.6. The Morgan fingerprint density at radius 3 is 2.70 bits per heavy atom. The van der Waals surface area contributed by atoms with E-state index < -0.39 is 11.4 Å². The van der Waals surface area contributed by atoms with Crippen LogP contribution in [0, 0.1) is 5.92 Å². The second kappa shape index (κ2) is 7.06. The third-order valence-electron chi connectivity index (χ3n) is 3.56. The van der Waals surface area contributed by atoms with Crippen LogP contribution in [0.2, 0.25) is 5.15 Å². The van der Waals surface area contributed by atoms with E-state index in [1.54, 1.807) is 11.5 Å². The smallest absolute Gasteiger partial charge is 0.343 e. The minimum absolute atomic E-state index is 0.0400. The lowest BCUT2D eigenvalue weighted by Crippen LogP contribution is -2.26. The van der Waals surface area contributed by atoms with Crippen LogP contribution >= 0.6 is 11.6 Å². The van der Waals surface area contributed by atoms with Gasteiger partial charge in [0.15, 0.2) is 10.8 Å². The van der Waals surface area contributed by atoms with E-state index in [1.807, 2.05) is 13.8 Å². The van der Waals surface area contributed by atoms with E-state index in [0.29, 0.717) is 0 Å². The predicted octanol–water partition coefficient (Wildman–Crippen LogP) is 1.81. The molecule has 0 bridgehead atoms. The number of aromatic nitrogens is 3. The monoisotopic (exact) mass is 339 g/mol. The first-order valence-corrected chi connectivity index (χ1v) is 7.64. The lowest BCUT2D eigenvalue weighted by Gasteiger charge is -2.23. The molecule has 1 atom stereocenters. The van der Waals surface area contributed by atoms with Gasteiger partial charge in [0.25, 0.3) is 0 Å². The minimum atomic E-state index is -0.721. The van der Waals surface area contributed by atoms with Gasteiger partial charge in [-0.25, -0.2) is 4.79 Å². The third-order valence-corrected chi connectivity index (χ3v) is 3.74.